The van der Waals surface area contributed by atoms with Gasteiger partial charge in [-0.05, 0) is 18.6 Å². The maximum Gasteiger partial charge on any atom is 0.336 e. The average molecular weight is 234 g/mol. The van der Waals surface area contributed by atoms with Crippen molar-refractivity contribution in [3.63, 3.8) is 0 Å². The van der Waals surface area contributed by atoms with Gasteiger partial charge in [-0.25, -0.2) is 4.79 Å². The molecule has 0 fully saturated rings. The molecule has 0 radical (unpaired) electrons. The fraction of sp³-hybridized carbons (Fsp3) is 0.357. The van der Waals surface area contributed by atoms with Gasteiger partial charge in [0, 0.05) is 12.5 Å². The Balaban J connectivity index is 2.42. The van der Waals surface area contributed by atoms with Crippen molar-refractivity contribution >= 4 is 5.97 Å². The standard InChI is InChI=1S/C14H18O3/c1-4-8-11(2)14(15)17-12(3)16-13-9-6-5-7-10-13/h5-7,9-10,12H,2,4,8H2,1,3H3. The molecule has 0 aliphatic rings. The van der Waals surface area contributed by atoms with Gasteiger partial charge in [-0.1, -0.05) is 38.1 Å². The first-order chi connectivity index (χ1) is 8.13. The molecule has 1 unspecified atom stereocenters. The van der Waals surface area contributed by atoms with Gasteiger partial charge in [0.1, 0.15) is 5.75 Å². The zero-order chi connectivity index (χ0) is 12.7. The van der Waals surface area contributed by atoms with E-state index in [2.05, 4.69) is 6.58 Å². The molecule has 0 amide bonds. The van der Waals surface area contributed by atoms with Gasteiger partial charge in [0.2, 0.25) is 6.29 Å². The number of rotatable bonds is 6. The molecule has 0 saturated carbocycles. The summed E-state index contributed by atoms with van der Waals surface area (Å²) in [5.74, 6) is 0.282. The zero-order valence-corrected chi connectivity index (χ0v) is 10.3. The van der Waals surface area contributed by atoms with Crippen molar-refractivity contribution in [2.45, 2.75) is 33.0 Å². The van der Waals surface area contributed by atoms with Crippen molar-refractivity contribution in [1.82, 2.24) is 0 Å². The summed E-state index contributed by atoms with van der Waals surface area (Å²) >= 11 is 0. The number of hydrogen-bond donors (Lipinski definition) is 0. The van der Waals surface area contributed by atoms with Crippen molar-refractivity contribution in [1.29, 1.82) is 0 Å². The molecular weight excluding hydrogens is 216 g/mol. The molecule has 0 heterocycles. The topological polar surface area (TPSA) is 35.5 Å². The molecular formula is C14H18O3. The number of hydrogen-bond acceptors (Lipinski definition) is 3. The Labute approximate surface area is 102 Å². The van der Waals surface area contributed by atoms with Crippen LogP contribution in [0.2, 0.25) is 0 Å². The Bertz CT molecular complexity index is 370. The minimum atomic E-state index is -0.612. The van der Waals surface area contributed by atoms with E-state index in [0.29, 0.717) is 17.7 Å². The molecule has 1 aromatic rings. The van der Waals surface area contributed by atoms with E-state index >= 15 is 0 Å². The summed E-state index contributed by atoms with van der Waals surface area (Å²) in [5.41, 5.74) is 0.482. The predicted octanol–water partition coefficient (Wildman–Crippen LogP) is 3.31. The third-order valence-electron chi connectivity index (χ3n) is 2.16. The van der Waals surface area contributed by atoms with Crippen LogP contribution in [0.1, 0.15) is 26.7 Å². The number of carbonyl (C=O) groups excluding carboxylic acids is 1. The highest BCUT2D eigenvalue weighted by atomic mass is 16.7. The van der Waals surface area contributed by atoms with E-state index in [0.717, 1.165) is 6.42 Å². The average Bonchev–Trinajstić information content (AvgIpc) is 2.30. The van der Waals surface area contributed by atoms with Gasteiger partial charge in [-0.2, -0.15) is 0 Å². The quantitative estimate of drug-likeness (QED) is 0.430. The van der Waals surface area contributed by atoms with Gasteiger partial charge in [0.15, 0.2) is 0 Å². The van der Waals surface area contributed by atoms with Gasteiger partial charge in [-0.3, -0.25) is 0 Å². The van der Waals surface area contributed by atoms with Crippen molar-refractivity contribution < 1.29 is 14.3 Å². The summed E-state index contributed by atoms with van der Waals surface area (Å²) in [6.07, 6.45) is 0.914. The number of carbonyl (C=O) groups is 1. The summed E-state index contributed by atoms with van der Waals surface area (Å²) in [4.78, 5) is 11.5. The number of ether oxygens (including phenoxy) is 2. The number of benzene rings is 1. The van der Waals surface area contributed by atoms with E-state index < -0.39 is 12.3 Å². The highest BCUT2D eigenvalue weighted by Crippen LogP contribution is 2.13. The third kappa shape index (κ3) is 4.72. The molecule has 1 aromatic carbocycles. The lowest BCUT2D eigenvalue weighted by molar-refractivity contribution is -0.156. The molecule has 3 nitrogen and oxygen atoms in total. The SMILES string of the molecule is C=C(CCC)C(=O)OC(C)Oc1ccccc1. The second-order valence-electron chi connectivity index (χ2n) is 3.76. The van der Waals surface area contributed by atoms with Crippen molar-refractivity contribution in [3.05, 3.63) is 42.5 Å². The van der Waals surface area contributed by atoms with Crippen LogP contribution >= 0.6 is 0 Å². The summed E-state index contributed by atoms with van der Waals surface area (Å²) in [5, 5.41) is 0. The lowest BCUT2D eigenvalue weighted by Gasteiger charge is -2.15. The molecule has 0 spiro atoms. The fourth-order valence-electron chi connectivity index (χ4n) is 1.35. The van der Waals surface area contributed by atoms with Crippen molar-refractivity contribution in [2.75, 3.05) is 0 Å². The summed E-state index contributed by atoms with van der Waals surface area (Å²) in [6, 6.07) is 9.24. The lowest BCUT2D eigenvalue weighted by atomic mass is 10.2. The highest BCUT2D eigenvalue weighted by molar-refractivity contribution is 5.87. The molecule has 1 rings (SSSR count). The Morgan fingerprint density at radius 3 is 2.59 bits per heavy atom. The van der Waals surface area contributed by atoms with Crippen molar-refractivity contribution in [3.8, 4) is 5.75 Å². The van der Waals surface area contributed by atoms with E-state index in [1.807, 2.05) is 37.3 Å². The summed E-state index contributed by atoms with van der Waals surface area (Å²) in [7, 11) is 0. The van der Waals surface area contributed by atoms with E-state index in [9.17, 15) is 4.79 Å². The van der Waals surface area contributed by atoms with Crippen LogP contribution in [0.15, 0.2) is 42.5 Å². The predicted molar refractivity (Wildman–Crippen MR) is 66.7 cm³/mol. The first-order valence-electron chi connectivity index (χ1n) is 5.74. The maximum atomic E-state index is 11.5. The molecule has 0 aliphatic heterocycles. The Hall–Kier alpha value is -1.77. The van der Waals surface area contributed by atoms with E-state index in [-0.39, 0.29) is 0 Å². The molecule has 0 aliphatic carbocycles. The maximum absolute atomic E-state index is 11.5. The third-order valence-corrected chi connectivity index (χ3v) is 2.16. The van der Waals surface area contributed by atoms with Crippen LogP contribution in [0.4, 0.5) is 0 Å². The summed E-state index contributed by atoms with van der Waals surface area (Å²) < 4.78 is 10.5. The van der Waals surface area contributed by atoms with Crippen molar-refractivity contribution in [2.24, 2.45) is 0 Å². The molecule has 0 aromatic heterocycles. The molecule has 1 atom stereocenters. The fourth-order valence-corrected chi connectivity index (χ4v) is 1.35. The highest BCUT2D eigenvalue weighted by Gasteiger charge is 2.13. The van der Waals surface area contributed by atoms with Crippen LogP contribution in [0, 0.1) is 0 Å². The largest absolute Gasteiger partial charge is 0.455 e. The second-order valence-corrected chi connectivity index (χ2v) is 3.76. The van der Waals surface area contributed by atoms with Crippen LogP contribution in [-0.4, -0.2) is 12.3 Å². The lowest BCUT2D eigenvalue weighted by Crippen LogP contribution is -2.21. The van der Waals surface area contributed by atoms with Crippen LogP contribution in [0.5, 0.6) is 5.75 Å². The van der Waals surface area contributed by atoms with Gasteiger partial charge >= 0.3 is 5.97 Å². The second kappa shape index (κ2) is 6.74. The molecule has 0 N–H and O–H groups in total. The van der Waals surface area contributed by atoms with Gasteiger partial charge in [0.05, 0.1) is 0 Å². The zero-order valence-electron chi connectivity index (χ0n) is 10.3. The first-order valence-corrected chi connectivity index (χ1v) is 5.74. The minimum Gasteiger partial charge on any atom is -0.455 e. The molecule has 0 saturated heterocycles. The molecule has 0 bridgehead atoms. The molecule has 92 valence electrons. The van der Waals surface area contributed by atoms with Crippen LogP contribution in [0.3, 0.4) is 0 Å². The normalized spacial score (nSPS) is 11.6. The summed E-state index contributed by atoms with van der Waals surface area (Å²) in [6.45, 7) is 7.35. The van der Waals surface area contributed by atoms with E-state index in [1.54, 1.807) is 6.92 Å². The van der Waals surface area contributed by atoms with Crippen LogP contribution in [-0.2, 0) is 9.53 Å². The van der Waals surface area contributed by atoms with Gasteiger partial charge in [0.25, 0.3) is 0 Å². The first kappa shape index (κ1) is 13.3. The van der Waals surface area contributed by atoms with Crippen LogP contribution in [0.25, 0.3) is 0 Å². The Morgan fingerprint density at radius 1 is 1.35 bits per heavy atom. The van der Waals surface area contributed by atoms with Gasteiger partial charge in [-0.15, -0.1) is 0 Å². The van der Waals surface area contributed by atoms with Crippen LogP contribution < -0.4 is 4.74 Å². The van der Waals surface area contributed by atoms with E-state index in [4.69, 9.17) is 9.47 Å². The molecule has 3 heteroatoms. The number of para-hydroxylation sites is 1. The number of esters is 1. The smallest absolute Gasteiger partial charge is 0.336 e. The minimum absolute atomic E-state index is 0.393. The molecule has 17 heavy (non-hydrogen) atoms. The Kier molecular flexibility index (Phi) is 5.27. The van der Waals surface area contributed by atoms with Gasteiger partial charge < -0.3 is 9.47 Å². The van der Waals surface area contributed by atoms with E-state index in [1.165, 1.54) is 0 Å². The Morgan fingerprint density at radius 2 is 2.00 bits per heavy atom. The monoisotopic (exact) mass is 234 g/mol.